The molecule has 0 aromatic heterocycles. The molecule has 0 unspecified atom stereocenters. The molecule has 0 amide bonds. The van der Waals surface area contributed by atoms with Crippen LogP contribution in [0.15, 0.2) is 72.8 Å². The Bertz CT molecular complexity index is 611. The molecular weight excluding hydrogens is 310 g/mol. The molecule has 0 saturated heterocycles. The van der Waals surface area contributed by atoms with E-state index in [0.29, 0.717) is 0 Å². The number of rotatable bonds is 10. The van der Waals surface area contributed by atoms with E-state index in [4.69, 9.17) is 0 Å². The summed E-state index contributed by atoms with van der Waals surface area (Å²) in [7, 11) is 0. The summed E-state index contributed by atoms with van der Waals surface area (Å²) in [5.41, 5.74) is 2.47. The quantitative estimate of drug-likeness (QED) is 0.667. The van der Waals surface area contributed by atoms with E-state index in [2.05, 4.69) is 29.2 Å². The lowest BCUT2D eigenvalue weighted by atomic mass is 10.1. The Labute approximate surface area is 150 Å². The van der Waals surface area contributed by atoms with Crippen molar-refractivity contribution in [2.24, 2.45) is 0 Å². The van der Waals surface area contributed by atoms with Crippen LogP contribution >= 0.6 is 0 Å². The first-order valence-electron chi connectivity index (χ1n) is 8.79. The van der Waals surface area contributed by atoms with Gasteiger partial charge >= 0.3 is 0 Å². The highest BCUT2D eigenvalue weighted by atomic mass is 16.3. The summed E-state index contributed by atoms with van der Waals surface area (Å²) in [5.74, 6) is 0.0611. The molecule has 0 aliphatic heterocycles. The van der Waals surface area contributed by atoms with Gasteiger partial charge in [-0.1, -0.05) is 66.7 Å². The maximum atomic E-state index is 11.0. The number of hydrogen-bond acceptors (Lipinski definition) is 3. The third-order valence-electron chi connectivity index (χ3n) is 4.20. The monoisotopic (exact) mass is 337 g/mol. The maximum Gasteiger partial charge on any atom is 0.152 e. The first kappa shape index (κ1) is 19.1. The van der Waals surface area contributed by atoms with Gasteiger partial charge in [-0.2, -0.15) is 0 Å². The number of benzene rings is 2. The molecule has 2 aromatic carbocycles. The summed E-state index contributed by atoms with van der Waals surface area (Å²) in [5, 5.41) is 9.93. The molecule has 0 heterocycles. The highest BCUT2D eigenvalue weighted by molar-refractivity contribution is 5.87. The van der Waals surface area contributed by atoms with E-state index < -0.39 is 0 Å². The molecule has 0 spiro atoms. The van der Waals surface area contributed by atoms with Crippen molar-refractivity contribution in [3.8, 4) is 0 Å². The van der Waals surface area contributed by atoms with Crippen molar-refractivity contribution >= 4 is 5.78 Å². The first-order valence-corrected chi connectivity index (χ1v) is 8.79. The topological polar surface area (TPSA) is 40.5 Å². The smallest absolute Gasteiger partial charge is 0.152 e. The molecule has 3 heteroatoms. The molecule has 1 atom stereocenters. The number of carbonyl (C=O) groups is 1. The molecule has 0 radical (unpaired) electrons. The molecule has 0 bridgehead atoms. The van der Waals surface area contributed by atoms with E-state index in [-0.39, 0.29) is 18.4 Å². The number of ketones is 1. The molecule has 0 aliphatic rings. The van der Waals surface area contributed by atoms with Gasteiger partial charge in [0, 0.05) is 19.1 Å². The summed E-state index contributed by atoms with van der Waals surface area (Å²) >= 11 is 0. The van der Waals surface area contributed by atoms with Crippen LogP contribution in [0.25, 0.3) is 0 Å². The van der Waals surface area contributed by atoms with E-state index in [9.17, 15) is 9.90 Å². The third kappa shape index (κ3) is 7.04. The highest BCUT2D eigenvalue weighted by Gasteiger charge is 2.18. The van der Waals surface area contributed by atoms with Gasteiger partial charge in [0.1, 0.15) is 0 Å². The number of aliphatic hydroxyl groups is 1. The minimum Gasteiger partial charge on any atom is -0.395 e. The summed E-state index contributed by atoms with van der Waals surface area (Å²) < 4.78 is 0. The average molecular weight is 337 g/mol. The van der Waals surface area contributed by atoms with Crippen LogP contribution in [0.3, 0.4) is 0 Å². The summed E-state index contributed by atoms with van der Waals surface area (Å²) in [4.78, 5) is 13.3. The SMILES string of the molecule is CC(=O)/C=C/CC[C@H](CO)N(Cc1ccccc1)Cc1ccccc1. The van der Waals surface area contributed by atoms with Crippen LogP contribution in [0.4, 0.5) is 0 Å². The second-order valence-electron chi connectivity index (χ2n) is 6.30. The molecule has 0 saturated carbocycles. The number of hydrogen-bond donors (Lipinski definition) is 1. The molecule has 0 fully saturated rings. The number of aliphatic hydroxyl groups excluding tert-OH is 1. The second-order valence-corrected chi connectivity index (χ2v) is 6.30. The van der Waals surface area contributed by atoms with Gasteiger partial charge in [-0.25, -0.2) is 0 Å². The Hall–Kier alpha value is -2.23. The normalized spacial score (nSPS) is 12.6. The largest absolute Gasteiger partial charge is 0.395 e. The Morgan fingerprint density at radius 3 is 1.96 bits per heavy atom. The van der Waals surface area contributed by atoms with Gasteiger partial charge in [-0.05, 0) is 37.0 Å². The van der Waals surface area contributed by atoms with Crippen LogP contribution in [-0.4, -0.2) is 28.4 Å². The predicted octanol–water partition coefficient (Wildman–Crippen LogP) is 3.98. The van der Waals surface area contributed by atoms with Crippen molar-refractivity contribution in [2.75, 3.05) is 6.61 Å². The van der Waals surface area contributed by atoms with E-state index >= 15 is 0 Å². The Kier molecular flexibility index (Phi) is 8.10. The van der Waals surface area contributed by atoms with Crippen LogP contribution < -0.4 is 0 Å². The lowest BCUT2D eigenvalue weighted by molar-refractivity contribution is -0.112. The van der Waals surface area contributed by atoms with Crippen LogP contribution in [-0.2, 0) is 17.9 Å². The summed E-state index contributed by atoms with van der Waals surface area (Å²) in [6.45, 7) is 3.24. The van der Waals surface area contributed by atoms with Crippen LogP contribution in [0.1, 0.15) is 30.9 Å². The van der Waals surface area contributed by atoms with E-state index in [1.807, 2.05) is 42.5 Å². The van der Waals surface area contributed by atoms with Crippen LogP contribution in [0.5, 0.6) is 0 Å². The lowest BCUT2D eigenvalue weighted by Crippen LogP contribution is -2.37. The van der Waals surface area contributed by atoms with Gasteiger partial charge in [-0.15, -0.1) is 0 Å². The van der Waals surface area contributed by atoms with Crippen molar-refractivity contribution in [2.45, 2.75) is 38.9 Å². The fourth-order valence-corrected chi connectivity index (χ4v) is 2.88. The Morgan fingerprint density at radius 2 is 1.52 bits per heavy atom. The number of allylic oxidation sites excluding steroid dienone is 2. The van der Waals surface area contributed by atoms with Crippen molar-refractivity contribution < 1.29 is 9.90 Å². The highest BCUT2D eigenvalue weighted by Crippen LogP contribution is 2.16. The third-order valence-corrected chi connectivity index (χ3v) is 4.20. The summed E-state index contributed by atoms with van der Waals surface area (Å²) in [6, 6.07) is 20.7. The zero-order chi connectivity index (χ0) is 17.9. The van der Waals surface area contributed by atoms with Gasteiger partial charge in [0.25, 0.3) is 0 Å². The summed E-state index contributed by atoms with van der Waals surface area (Å²) in [6.07, 6.45) is 5.10. The average Bonchev–Trinajstić information content (AvgIpc) is 2.63. The number of nitrogens with zero attached hydrogens (tertiary/aromatic N) is 1. The van der Waals surface area contributed by atoms with Gasteiger partial charge in [-0.3, -0.25) is 9.69 Å². The minimum atomic E-state index is 0.0528. The molecule has 1 N–H and O–H groups in total. The molecule has 2 aromatic rings. The molecule has 3 nitrogen and oxygen atoms in total. The second kappa shape index (κ2) is 10.6. The predicted molar refractivity (Wildman–Crippen MR) is 102 cm³/mol. The standard InChI is InChI=1S/C22H27NO2/c1-19(25)10-8-9-15-22(18-24)23(16-20-11-4-2-5-12-20)17-21-13-6-3-7-14-21/h2-8,10-14,22,24H,9,15-18H2,1H3/b10-8+/t22-/m1/s1. The van der Waals surface area contributed by atoms with Crippen molar-refractivity contribution in [3.05, 3.63) is 83.9 Å². The molecule has 0 aliphatic carbocycles. The van der Waals surface area contributed by atoms with Crippen LogP contribution in [0.2, 0.25) is 0 Å². The number of carbonyl (C=O) groups excluding carboxylic acids is 1. The van der Waals surface area contributed by atoms with Gasteiger partial charge in [0.05, 0.1) is 6.61 Å². The zero-order valence-corrected chi connectivity index (χ0v) is 14.8. The lowest BCUT2D eigenvalue weighted by Gasteiger charge is -2.30. The zero-order valence-electron chi connectivity index (χ0n) is 14.8. The van der Waals surface area contributed by atoms with Crippen LogP contribution in [0, 0.1) is 0 Å². The Balaban J connectivity index is 2.08. The maximum absolute atomic E-state index is 11.0. The molecular formula is C22H27NO2. The van der Waals surface area contributed by atoms with E-state index in [1.54, 1.807) is 13.0 Å². The van der Waals surface area contributed by atoms with Crippen molar-refractivity contribution in [1.82, 2.24) is 4.90 Å². The van der Waals surface area contributed by atoms with E-state index in [0.717, 1.165) is 25.9 Å². The molecule has 132 valence electrons. The van der Waals surface area contributed by atoms with Gasteiger partial charge in [0.15, 0.2) is 5.78 Å². The minimum absolute atomic E-state index is 0.0528. The first-order chi connectivity index (χ1) is 12.2. The van der Waals surface area contributed by atoms with Gasteiger partial charge < -0.3 is 5.11 Å². The Morgan fingerprint density at radius 1 is 1.00 bits per heavy atom. The fourth-order valence-electron chi connectivity index (χ4n) is 2.88. The van der Waals surface area contributed by atoms with E-state index in [1.165, 1.54) is 11.1 Å². The fraction of sp³-hybridized carbons (Fsp3) is 0.318. The van der Waals surface area contributed by atoms with Crippen molar-refractivity contribution in [3.63, 3.8) is 0 Å². The van der Waals surface area contributed by atoms with Crippen molar-refractivity contribution in [1.29, 1.82) is 0 Å². The molecule has 25 heavy (non-hydrogen) atoms. The van der Waals surface area contributed by atoms with Gasteiger partial charge in [0.2, 0.25) is 0 Å². The molecule has 2 rings (SSSR count).